The maximum absolute atomic E-state index is 11.7. The minimum Gasteiger partial charge on any atom is -0.459 e. The molecule has 0 aliphatic carbocycles. The molecule has 0 saturated heterocycles. The first-order chi connectivity index (χ1) is 9.16. The van der Waals surface area contributed by atoms with Gasteiger partial charge in [-0.25, -0.2) is 0 Å². The highest BCUT2D eigenvalue weighted by atomic mass is 16.5. The summed E-state index contributed by atoms with van der Waals surface area (Å²) in [6.07, 6.45) is 2.96. The van der Waals surface area contributed by atoms with Crippen molar-refractivity contribution in [1.82, 2.24) is 9.55 Å². The van der Waals surface area contributed by atoms with Crippen LogP contribution >= 0.6 is 0 Å². The summed E-state index contributed by atoms with van der Waals surface area (Å²) in [5, 5.41) is 0. The zero-order chi connectivity index (χ0) is 13.7. The average Bonchev–Trinajstić information content (AvgIpc) is 2.43. The molecule has 19 heavy (non-hydrogen) atoms. The second-order valence-electron chi connectivity index (χ2n) is 4.09. The standard InChI is InChI=1S/C14H14N2O3/c1-11-14(18)16(8-7-15-11)9-13(17)19-10-12-5-3-2-4-6-12/h2-8H,9-10H2,1H3. The maximum atomic E-state index is 11.7. The van der Waals surface area contributed by atoms with Crippen LogP contribution in [0.4, 0.5) is 0 Å². The number of nitrogens with zero attached hydrogens (tertiary/aromatic N) is 2. The van der Waals surface area contributed by atoms with Gasteiger partial charge in [0, 0.05) is 12.4 Å². The van der Waals surface area contributed by atoms with Crippen molar-refractivity contribution in [3.63, 3.8) is 0 Å². The molecule has 2 rings (SSSR count). The molecule has 0 aliphatic rings. The van der Waals surface area contributed by atoms with E-state index in [-0.39, 0.29) is 18.7 Å². The van der Waals surface area contributed by atoms with E-state index in [1.54, 1.807) is 6.92 Å². The van der Waals surface area contributed by atoms with Crippen LogP contribution in [0, 0.1) is 6.92 Å². The highest BCUT2D eigenvalue weighted by Crippen LogP contribution is 2.01. The Morgan fingerprint density at radius 1 is 1.32 bits per heavy atom. The second kappa shape index (κ2) is 5.95. The first-order valence-corrected chi connectivity index (χ1v) is 5.88. The molecule has 0 aliphatic heterocycles. The molecule has 0 bridgehead atoms. The Morgan fingerprint density at radius 2 is 2.05 bits per heavy atom. The number of rotatable bonds is 4. The molecule has 0 radical (unpaired) electrons. The molecule has 98 valence electrons. The van der Waals surface area contributed by atoms with Crippen molar-refractivity contribution >= 4 is 5.97 Å². The number of ether oxygens (including phenoxy) is 1. The van der Waals surface area contributed by atoms with Crippen LogP contribution in [0.25, 0.3) is 0 Å². The van der Waals surface area contributed by atoms with E-state index < -0.39 is 5.97 Å². The number of aryl methyl sites for hydroxylation is 1. The predicted octanol–water partition coefficient (Wildman–Crippen LogP) is 1.30. The van der Waals surface area contributed by atoms with E-state index in [1.165, 1.54) is 17.0 Å². The fourth-order valence-corrected chi connectivity index (χ4v) is 1.60. The van der Waals surface area contributed by atoms with E-state index >= 15 is 0 Å². The largest absolute Gasteiger partial charge is 0.459 e. The van der Waals surface area contributed by atoms with Gasteiger partial charge in [-0.05, 0) is 12.5 Å². The Morgan fingerprint density at radius 3 is 2.79 bits per heavy atom. The van der Waals surface area contributed by atoms with Crippen molar-refractivity contribution in [3.8, 4) is 0 Å². The van der Waals surface area contributed by atoms with E-state index in [4.69, 9.17) is 4.74 Å². The van der Waals surface area contributed by atoms with Crippen LogP contribution in [0.5, 0.6) is 0 Å². The Hall–Kier alpha value is -2.43. The predicted molar refractivity (Wildman–Crippen MR) is 69.5 cm³/mol. The normalized spacial score (nSPS) is 10.2. The molecule has 5 heteroatoms. The van der Waals surface area contributed by atoms with Gasteiger partial charge in [0.2, 0.25) is 0 Å². The number of carbonyl (C=O) groups is 1. The third-order valence-electron chi connectivity index (χ3n) is 2.63. The number of benzene rings is 1. The van der Waals surface area contributed by atoms with E-state index in [0.717, 1.165) is 5.56 Å². The van der Waals surface area contributed by atoms with Crippen LogP contribution in [0.3, 0.4) is 0 Å². The topological polar surface area (TPSA) is 61.2 Å². The third-order valence-corrected chi connectivity index (χ3v) is 2.63. The van der Waals surface area contributed by atoms with Crippen LogP contribution in [-0.4, -0.2) is 15.5 Å². The Labute approximate surface area is 110 Å². The molecule has 5 nitrogen and oxygen atoms in total. The molecule has 1 heterocycles. The third kappa shape index (κ3) is 3.51. The number of carbonyl (C=O) groups excluding carboxylic acids is 1. The molecule has 0 unspecified atom stereocenters. The van der Waals surface area contributed by atoms with Crippen molar-refractivity contribution in [2.24, 2.45) is 0 Å². The molecule has 2 aromatic rings. The maximum Gasteiger partial charge on any atom is 0.326 e. The first-order valence-electron chi connectivity index (χ1n) is 5.88. The molecule has 0 amide bonds. The van der Waals surface area contributed by atoms with Crippen LogP contribution in [0.1, 0.15) is 11.3 Å². The Kier molecular flexibility index (Phi) is 4.07. The molecule has 0 spiro atoms. The zero-order valence-corrected chi connectivity index (χ0v) is 10.6. The van der Waals surface area contributed by atoms with Gasteiger partial charge < -0.3 is 9.30 Å². The number of aromatic nitrogens is 2. The van der Waals surface area contributed by atoms with Gasteiger partial charge in [0.25, 0.3) is 5.56 Å². The SMILES string of the molecule is Cc1nccn(CC(=O)OCc2ccccc2)c1=O. The molecule has 0 N–H and O–H groups in total. The lowest BCUT2D eigenvalue weighted by atomic mass is 10.2. The summed E-state index contributed by atoms with van der Waals surface area (Å²) in [5.74, 6) is -0.448. The summed E-state index contributed by atoms with van der Waals surface area (Å²) in [4.78, 5) is 27.2. The molecule has 0 fully saturated rings. The summed E-state index contributed by atoms with van der Waals surface area (Å²) in [6.45, 7) is 1.71. The van der Waals surface area contributed by atoms with Gasteiger partial charge in [-0.1, -0.05) is 30.3 Å². The van der Waals surface area contributed by atoms with Crippen molar-refractivity contribution in [2.45, 2.75) is 20.1 Å². The van der Waals surface area contributed by atoms with Crippen LogP contribution in [-0.2, 0) is 22.7 Å². The van der Waals surface area contributed by atoms with Gasteiger partial charge >= 0.3 is 5.97 Å². The fraction of sp³-hybridized carbons (Fsp3) is 0.214. The smallest absolute Gasteiger partial charge is 0.326 e. The molecule has 0 atom stereocenters. The highest BCUT2D eigenvalue weighted by molar-refractivity contribution is 5.69. The van der Waals surface area contributed by atoms with E-state index in [2.05, 4.69) is 4.98 Å². The van der Waals surface area contributed by atoms with Crippen molar-refractivity contribution in [1.29, 1.82) is 0 Å². The molecular formula is C14H14N2O3. The van der Waals surface area contributed by atoms with Crippen LogP contribution in [0.15, 0.2) is 47.5 Å². The minimum absolute atomic E-state index is 0.102. The number of hydrogen-bond donors (Lipinski definition) is 0. The van der Waals surface area contributed by atoms with Gasteiger partial charge in [0.15, 0.2) is 0 Å². The minimum atomic E-state index is -0.448. The van der Waals surface area contributed by atoms with Crippen LogP contribution in [0.2, 0.25) is 0 Å². The second-order valence-corrected chi connectivity index (χ2v) is 4.09. The zero-order valence-electron chi connectivity index (χ0n) is 10.6. The van der Waals surface area contributed by atoms with E-state index in [0.29, 0.717) is 5.69 Å². The summed E-state index contributed by atoms with van der Waals surface area (Å²) in [7, 11) is 0. The van der Waals surface area contributed by atoms with Crippen molar-refractivity contribution in [3.05, 3.63) is 64.3 Å². The molecule has 0 saturated carbocycles. The van der Waals surface area contributed by atoms with Gasteiger partial charge in [-0.15, -0.1) is 0 Å². The van der Waals surface area contributed by atoms with Crippen LogP contribution < -0.4 is 5.56 Å². The lowest BCUT2D eigenvalue weighted by molar-refractivity contribution is -0.145. The summed E-state index contributed by atoms with van der Waals surface area (Å²) >= 11 is 0. The van der Waals surface area contributed by atoms with Gasteiger partial charge in [-0.2, -0.15) is 0 Å². The molecule has 1 aromatic heterocycles. The monoisotopic (exact) mass is 258 g/mol. The highest BCUT2D eigenvalue weighted by Gasteiger charge is 2.07. The lowest BCUT2D eigenvalue weighted by Gasteiger charge is -2.07. The number of hydrogen-bond acceptors (Lipinski definition) is 4. The summed E-state index contributed by atoms with van der Waals surface area (Å²) in [6, 6.07) is 9.39. The Bertz CT molecular complexity index is 620. The van der Waals surface area contributed by atoms with Crippen molar-refractivity contribution in [2.75, 3.05) is 0 Å². The Balaban J connectivity index is 1.95. The summed E-state index contributed by atoms with van der Waals surface area (Å²) in [5.41, 5.74) is 0.992. The fourth-order valence-electron chi connectivity index (χ4n) is 1.60. The lowest BCUT2D eigenvalue weighted by Crippen LogP contribution is -2.27. The van der Waals surface area contributed by atoms with Crippen molar-refractivity contribution < 1.29 is 9.53 Å². The van der Waals surface area contributed by atoms with Gasteiger partial charge in [-0.3, -0.25) is 14.6 Å². The number of esters is 1. The van der Waals surface area contributed by atoms with Gasteiger partial charge in [0.1, 0.15) is 18.8 Å². The molecular weight excluding hydrogens is 244 g/mol. The average molecular weight is 258 g/mol. The molecule has 1 aromatic carbocycles. The van der Waals surface area contributed by atoms with E-state index in [1.807, 2.05) is 30.3 Å². The van der Waals surface area contributed by atoms with Gasteiger partial charge in [0.05, 0.1) is 0 Å². The quantitative estimate of drug-likeness (QED) is 0.775. The van der Waals surface area contributed by atoms with E-state index in [9.17, 15) is 9.59 Å². The first kappa shape index (κ1) is 13.0. The summed E-state index contributed by atoms with van der Waals surface area (Å²) < 4.78 is 6.40.